The molecule has 0 aromatic rings. The molecule has 0 saturated carbocycles. The Kier molecular flexibility index (Phi) is 6.03. The highest BCUT2D eigenvalue weighted by Gasteiger charge is 2.12. The van der Waals surface area contributed by atoms with Gasteiger partial charge in [-0.3, -0.25) is 20.2 Å². The van der Waals surface area contributed by atoms with Crippen LogP contribution in [0.5, 0.6) is 0 Å². The summed E-state index contributed by atoms with van der Waals surface area (Å²) in [5.41, 5.74) is 0. The Hall–Kier alpha value is -1.63. The van der Waals surface area contributed by atoms with Crippen molar-refractivity contribution in [3.05, 3.63) is 0 Å². The minimum atomic E-state index is -1.05. The van der Waals surface area contributed by atoms with Gasteiger partial charge in [-0.15, -0.1) is 0 Å². The SMILES string of the molecule is CCNC(=O)NC(=O)CNC(C)C(=O)O. The molecule has 0 radical (unpaired) electrons. The average molecular weight is 217 g/mol. The van der Waals surface area contributed by atoms with E-state index in [1.807, 2.05) is 5.32 Å². The van der Waals surface area contributed by atoms with Crippen LogP contribution < -0.4 is 16.0 Å². The van der Waals surface area contributed by atoms with Gasteiger partial charge < -0.3 is 10.4 Å². The van der Waals surface area contributed by atoms with Crippen molar-refractivity contribution in [3.63, 3.8) is 0 Å². The molecular formula is C8H15N3O4. The summed E-state index contributed by atoms with van der Waals surface area (Å²) in [5, 5.41) is 15.3. The first-order valence-electron chi connectivity index (χ1n) is 4.51. The lowest BCUT2D eigenvalue weighted by Crippen LogP contribution is -2.46. The Bertz CT molecular complexity index is 254. The first kappa shape index (κ1) is 13.4. The molecule has 0 fully saturated rings. The van der Waals surface area contributed by atoms with Crippen LogP contribution in [0.4, 0.5) is 4.79 Å². The Morgan fingerprint density at radius 2 is 1.93 bits per heavy atom. The number of aliphatic carboxylic acids is 1. The fraction of sp³-hybridized carbons (Fsp3) is 0.625. The fourth-order valence-corrected chi connectivity index (χ4v) is 0.709. The van der Waals surface area contributed by atoms with E-state index in [0.717, 1.165) is 0 Å². The predicted molar refractivity (Wildman–Crippen MR) is 52.3 cm³/mol. The van der Waals surface area contributed by atoms with Gasteiger partial charge in [-0.1, -0.05) is 0 Å². The van der Waals surface area contributed by atoms with Gasteiger partial charge in [0.05, 0.1) is 6.54 Å². The molecular weight excluding hydrogens is 202 g/mol. The van der Waals surface area contributed by atoms with Crippen molar-refractivity contribution >= 4 is 17.9 Å². The van der Waals surface area contributed by atoms with Crippen LogP contribution in [0.15, 0.2) is 0 Å². The Morgan fingerprint density at radius 3 is 2.40 bits per heavy atom. The molecule has 1 unspecified atom stereocenters. The summed E-state index contributed by atoms with van der Waals surface area (Å²) in [6.45, 7) is 3.32. The quantitative estimate of drug-likeness (QED) is 0.467. The zero-order chi connectivity index (χ0) is 11.8. The minimum absolute atomic E-state index is 0.218. The molecule has 86 valence electrons. The van der Waals surface area contributed by atoms with E-state index in [2.05, 4.69) is 10.6 Å². The Morgan fingerprint density at radius 1 is 1.33 bits per heavy atom. The van der Waals surface area contributed by atoms with E-state index < -0.39 is 23.9 Å². The summed E-state index contributed by atoms with van der Waals surface area (Å²) in [5.74, 6) is -1.63. The monoisotopic (exact) mass is 217 g/mol. The number of carbonyl (C=O) groups excluding carboxylic acids is 2. The van der Waals surface area contributed by atoms with Crippen LogP contribution in [0.2, 0.25) is 0 Å². The van der Waals surface area contributed by atoms with Crippen molar-refractivity contribution in [1.82, 2.24) is 16.0 Å². The van der Waals surface area contributed by atoms with E-state index in [9.17, 15) is 14.4 Å². The summed E-state index contributed by atoms with van der Waals surface area (Å²) < 4.78 is 0. The highest BCUT2D eigenvalue weighted by Crippen LogP contribution is 1.79. The molecule has 0 spiro atoms. The number of nitrogens with one attached hydrogen (secondary N) is 3. The van der Waals surface area contributed by atoms with Crippen molar-refractivity contribution < 1.29 is 19.5 Å². The van der Waals surface area contributed by atoms with Gasteiger partial charge in [0.25, 0.3) is 0 Å². The Balaban J connectivity index is 3.75. The number of urea groups is 1. The zero-order valence-corrected chi connectivity index (χ0v) is 8.66. The molecule has 15 heavy (non-hydrogen) atoms. The first-order valence-corrected chi connectivity index (χ1v) is 4.51. The van der Waals surface area contributed by atoms with Crippen molar-refractivity contribution in [2.75, 3.05) is 13.1 Å². The Labute approximate surface area is 87.2 Å². The van der Waals surface area contributed by atoms with Crippen LogP contribution in [0.3, 0.4) is 0 Å². The van der Waals surface area contributed by atoms with Crippen LogP contribution in [-0.2, 0) is 9.59 Å². The summed E-state index contributed by atoms with van der Waals surface area (Å²) in [6.07, 6.45) is 0. The molecule has 3 amide bonds. The second kappa shape index (κ2) is 6.77. The second-order valence-electron chi connectivity index (χ2n) is 2.85. The maximum Gasteiger partial charge on any atom is 0.321 e. The molecule has 0 rings (SSSR count). The number of amides is 3. The maximum absolute atomic E-state index is 11.0. The summed E-state index contributed by atoms with van der Waals surface area (Å²) >= 11 is 0. The van der Waals surface area contributed by atoms with Crippen LogP contribution in [0.25, 0.3) is 0 Å². The number of rotatable bonds is 5. The third-order valence-corrected chi connectivity index (χ3v) is 1.53. The standard InChI is InChI=1S/C8H15N3O4/c1-3-9-8(15)11-6(12)4-10-5(2)7(13)14/h5,10H,3-4H2,1-2H3,(H,13,14)(H2,9,11,12,15). The molecule has 4 N–H and O–H groups in total. The highest BCUT2D eigenvalue weighted by atomic mass is 16.4. The van der Waals surface area contributed by atoms with Crippen LogP contribution >= 0.6 is 0 Å². The second-order valence-corrected chi connectivity index (χ2v) is 2.85. The predicted octanol–water partition coefficient (Wildman–Crippen LogP) is -1.11. The summed E-state index contributed by atoms with van der Waals surface area (Å²) in [4.78, 5) is 32.2. The largest absolute Gasteiger partial charge is 0.480 e. The van der Waals surface area contributed by atoms with Crippen molar-refractivity contribution in [2.45, 2.75) is 19.9 Å². The molecule has 0 aliphatic heterocycles. The molecule has 0 aromatic heterocycles. The summed E-state index contributed by atoms with van der Waals surface area (Å²) in [6, 6.07) is -1.42. The molecule has 1 atom stereocenters. The molecule has 7 nitrogen and oxygen atoms in total. The van der Waals surface area contributed by atoms with Gasteiger partial charge >= 0.3 is 12.0 Å². The number of hydrogen-bond donors (Lipinski definition) is 4. The zero-order valence-electron chi connectivity index (χ0n) is 8.66. The number of carbonyl (C=O) groups is 3. The van der Waals surface area contributed by atoms with Crippen molar-refractivity contribution in [2.24, 2.45) is 0 Å². The maximum atomic E-state index is 11.0. The smallest absolute Gasteiger partial charge is 0.321 e. The van der Waals surface area contributed by atoms with Crippen molar-refractivity contribution in [1.29, 1.82) is 0 Å². The van der Waals surface area contributed by atoms with E-state index in [1.165, 1.54) is 6.92 Å². The van der Waals surface area contributed by atoms with Gasteiger partial charge in [0.2, 0.25) is 5.91 Å². The number of carboxylic acid groups (broad SMARTS) is 1. The van der Waals surface area contributed by atoms with Gasteiger partial charge in [0.1, 0.15) is 6.04 Å². The minimum Gasteiger partial charge on any atom is -0.480 e. The highest BCUT2D eigenvalue weighted by molar-refractivity contribution is 5.95. The van der Waals surface area contributed by atoms with Gasteiger partial charge in [0.15, 0.2) is 0 Å². The molecule has 7 heteroatoms. The molecule has 0 aromatic carbocycles. The first-order chi connectivity index (χ1) is 6.97. The third kappa shape index (κ3) is 6.44. The van der Waals surface area contributed by atoms with E-state index in [-0.39, 0.29) is 6.54 Å². The van der Waals surface area contributed by atoms with Crippen LogP contribution in [0.1, 0.15) is 13.8 Å². The van der Waals surface area contributed by atoms with Gasteiger partial charge in [-0.2, -0.15) is 0 Å². The molecule has 0 aliphatic rings. The van der Waals surface area contributed by atoms with Crippen molar-refractivity contribution in [3.8, 4) is 0 Å². The van der Waals surface area contributed by atoms with E-state index in [1.54, 1.807) is 6.92 Å². The van der Waals surface area contributed by atoms with Gasteiger partial charge in [0, 0.05) is 6.54 Å². The number of imide groups is 1. The lowest BCUT2D eigenvalue weighted by atomic mass is 10.3. The molecule has 0 saturated heterocycles. The van der Waals surface area contributed by atoms with E-state index >= 15 is 0 Å². The lowest BCUT2D eigenvalue weighted by molar-refractivity contribution is -0.139. The lowest BCUT2D eigenvalue weighted by Gasteiger charge is -2.08. The van der Waals surface area contributed by atoms with E-state index in [4.69, 9.17) is 5.11 Å². The molecule has 0 heterocycles. The topological polar surface area (TPSA) is 108 Å². The number of carboxylic acids is 1. The van der Waals surface area contributed by atoms with Crippen LogP contribution in [-0.4, -0.2) is 42.1 Å². The normalized spacial score (nSPS) is 11.6. The molecule has 0 aliphatic carbocycles. The molecule has 0 bridgehead atoms. The number of hydrogen-bond acceptors (Lipinski definition) is 4. The van der Waals surface area contributed by atoms with Crippen LogP contribution in [0, 0.1) is 0 Å². The van der Waals surface area contributed by atoms with Gasteiger partial charge in [-0.25, -0.2) is 4.79 Å². The average Bonchev–Trinajstić information content (AvgIpc) is 2.14. The van der Waals surface area contributed by atoms with Gasteiger partial charge in [-0.05, 0) is 13.8 Å². The van der Waals surface area contributed by atoms with E-state index in [0.29, 0.717) is 6.54 Å². The fourth-order valence-electron chi connectivity index (χ4n) is 0.709. The third-order valence-electron chi connectivity index (χ3n) is 1.53. The summed E-state index contributed by atoms with van der Waals surface area (Å²) in [7, 11) is 0.